The molecule has 0 heterocycles. The van der Waals surface area contributed by atoms with Gasteiger partial charge < -0.3 is 14.9 Å². The molecule has 2 rings (SSSR count). The summed E-state index contributed by atoms with van der Waals surface area (Å²) in [5.41, 5.74) is 0.733. The molecule has 2 aromatic carbocycles. The lowest BCUT2D eigenvalue weighted by Gasteiger charge is -2.18. The third-order valence-corrected chi connectivity index (χ3v) is 2.84. The van der Waals surface area contributed by atoms with Gasteiger partial charge in [0.2, 0.25) is 0 Å². The second-order valence-electron chi connectivity index (χ2n) is 4.61. The van der Waals surface area contributed by atoms with Gasteiger partial charge in [-0.05, 0) is 22.9 Å². The molecule has 0 radical (unpaired) electrons. The smallest absolute Gasteiger partial charge is 0.409 e. The lowest BCUT2D eigenvalue weighted by atomic mass is 9.95. The van der Waals surface area contributed by atoms with Crippen molar-refractivity contribution in [2.24, 2.45) is 0 Å². The summed E-state index contributed by atoms with van der Waals surface area (Å²) in [6.07, 6.45) is -3.92. The van der Waals surface area contributed by atoms with Crippen molar-refractivity contribution < 1.29 is 23.7 Å². The normalized spacial score (nSPS) is 12.2. The van der Waals surface area contributed by atoms with Gasteiger partial charge in [-0.25, -0.2) is 4.39 Å². The minimum absolute atomic E-state index is 0.0410. The zero-order valence-corrected chi connectivity index (χ0v) is 10.5. The number of hydrogen-bond acceptors (Lipinski definition) is 3. The van der Waals surface area contributed by atoms with Gasteiger partial charge >= 0.3 is 6.23 Å². The van der Waals surface area contributed by atoms with Gasteiger partial charge in [-0.2, -0.15) is 0 Å². The molecule has 0 aliphatic carbocycles. The van der Waals surface area contributed by atoms with E-state index in [0.29, 0.717) is 10.8 Å². The molecular weight excluding hydrogens is 254 g/mol. The standard InChI is InChI=1S/C14H14F2O3/c1-8(2)10-5-3-4-9-6-7-11(15)13(12(9)10)19-14(16,17)18/h3-8,17-18H,1-2H3. The van der Waals surface area contributed by atoms with Crippen LogP contribution in [0.25, 0.3) is 10.8 Å². The molecule has 2 N–H and O–H groups in total. The van der Waals surface area contributed by atoms with E-state index in [1.165, 1.54) is 6.07 Å². The summed E-state index contributed by atoms with van der Waals surface area (Å²) < 4.78 is 30.9. The molecule has 5 heteroatoms. The zero-order valence-electron chi connectivity index (χ0n) is 10.5. The van der Waals surface area contributed by atoms with Crippen molar-refractivity contribution in [2.45, 2.75) is 26.0 Å². The number of alkyl halides is 1. The number of aliphatic hydroxyl groups is 2. The third kappa shape index (κ3) is 2.83. The van der Waals surface area contributed by atoms with E-state index in [9.17, 15) is 8.78 Å². The molecule has 0 amide bonds. The highest BCUT2D eigenvalue weighted by atomic mass is 19.2. The van der Waals surface area contributed by atoms with Crippen LogP contribution < -0.4 is 4.74 Å². The first-order valence-electron chi connectivity index (χ1n) is 5.83. The maximum atomic E-state index is 13.8. The van der Waals surface area contributed by atoms with Crippen molar-refractivity contribution in [3.05, 3.63) is 41.7 Å². The second kappa shape index (κ2) is 4.75. The zero-order chi connectivity index (χ0) is 14.2. The number of fused-ring (bicyclic) bond motifs is 1. The third-order valence-electron chi connectivity index (χ3n) is 2.84. The molecule has 0 bridgehead atoms. The van der Waals surface area contributed by atoms with Crippen LogP contribution in [0.15, 0.2) is 30.3 Å². The Kier molecular flexibility index (Phi) is 3.43. The van der Waals surface area contributed by atoms with Gasteiger partial charge in [-0.1, -0.05) is 38.1 Å². The van der Waals surface area contributed by atoms with Crippen LogP contribution in [0.3, 0.4) is 0 Å². The van der Waals surface area contributed by atoms with Gasteiger partial charge in [-0.3, -0.25) is 0 Å². The van der Waals surface area contributed by atoms with E-state index in [1.807, 2.05) is 13.8 Å². The van der Waals surface area contributed by atoms with Gasteiger partial charge in [0.1, 0.15) is 0 Å². The van der Waals surface area contributed by atoms with Crippen LogP contribution in [0.2, 0.25) is 0 Å². The molecule has 0 aromatic heterocycles. The molecule has 0 fully saturated rings. The maximum Gasteiger partial charge on any atom is 0.492 e. The van der Waals surface area contributed by atoms with E-state index in [1.54, 1.807) is 18.2 Å². The number of benzene rings is 2. The Bertz CT molecular complexity index is 603. The molecule has 0 spiro atoms. The fourth-order valence-corrected chi connectivity index (χ4v) is 2.06. The van der Waals surface area contributed by atoms with Crippen molar-refractivity contribution in [2.75, 3.05) is 0 Å². The quantitative estimate of drug-likeness (QED) is 0.841. The van der Waals surface area contributed by atoms with E-state index >= 15 is 0 Å². The first kappa shape index (κ1) is 13.7. The average Bonchev–Trinajstić information content (AvgIpc) is 2.30. The van der Waals surface area contributed by atoms with Gasteiger partial charge in [0.15, 0.2) is 11.6 Å². The van der Waals surface area contributed by atoms with Crippen LogP contribution in [-0.2, 0) is 0 Å². The van der Waals surface area contributed by atoms with E-state index in [2.05, 4.69) is 4.74 Å². The summed E-state index contributed by atoms with van der Waals surface area (Å²) in [6.45, 7) is 3.79. The van der Waals surface area contributed by atoms with Gasteiger partial charge in [0, 0.05) is 5.39 Å². The van der Waals surface area contributed by atoms with Crippen LogP contribution in [0, 0.1) is 5.82 Å². The molecule has 0 atom stereocenters. The Balaban J connectivity index is 2.76. The maximum absolute atomic E-state index is 13.8. The van der Waals surface area contributed by atoms with Crippen LogP contribution in [-0.4, -0.2) is 16.4 Å². The molecule has 19 heavy (non-hydrogen) atoms. The highest BCUT2D eigenvalue weighted by Gasteiger charge is 2.28. The van der Waals surface area contributed by atoms with Crippen molar-refractivity contribution >= 4 is 10.8 Å². The molecule has 102 valence electrons. The van der Waals surface area contributed by atoms with Gasteiger partial charge in [0.25, 0.3) is 0 Å². The molecule has 0 aliphatic rings. The number of hydrogen-bond donors (Lipinski definition) is 2. The lowest BCUT2D eigenvalue weighted by Crippen LogP contribution is -2.29. The van der Waals surface area contributed by atoms with E-state index in [0.717, 1.165) is 11.6 Å². The highest BCUT2D eigenvalue weighted by molar-refractivity contribution is 5.92. The van der Waals surface area contributed by atoms with Crippen molar-refractivity contribution in [3.63, 3.8) is 0 Å². The van der Waals surface area contributed by atoms with Crippen LogP contribution in [0.5, 0.6) is 5.75 Å². The first-order chi connectivity index (χ1) is 8.79. The minimum Gasteiger partial charge on any atom is -0.409 e. The Morgan fingerprint density at radius 3 is 2.42 bits per heavy atom. The lowest BCUT2D eigenvalue weighted by molar-refractivity contribution is -0.375. The van der Waals surface area contributed by atoms with Crippen molar-refractivity contribution in [3.8, 4) is 5.75 Å². The van der Waals surface area contributed by atoms with Gasteiger partial charge in [0.05, 0.1) is 0 Å². The summed E-state index contributed by atoms with van der Waals surface area (Å²) >= 11 is 0. The average molecular weight is 268 g/mol. The summed E-state index contributed by atoms with van der Waals surface area (Å²) in [5.74, 6) is -1.32. The van der Waals surface area contributed by atoms with Crippen LogP contribution >= 0.6 is 0 Å². The second-order valence-corrected chi connectivity index (χ2v) is 4.61. The van der Waals surface area contributed by atoms with Crippen LogP contribution in [0.4, 0.5) is 8.78 Å². The first-order valence-corrected chi connectivity index (χ1v) is 5.83. The number of ether oxygens (including phenoxy) is 1. The predicted molar refractivity (Wildman–Crippen MR) is 66.9 cm³/mol. The fourth-order valence-electron chi connectivity index (χ4n) is 2.06. The highest BCUT2D eigenvalue weighted by Crippen LogP contribution is 2.36. The Labute approximate surface area is 109 Å². The summed E-state index contributed by atoms with van der Waals surface area (Å²) in [7, 11) is 0. The number of rotatable bonds is 3. The molecule has 0 aliphatic heterocycles. The number of halogens is 2. The van der Waals surface area contributed by atoms with E-state index in [-0.39, 0.29) is 5.92 Å². The molecule has 0 saturated heterocycles. The fraction of sp³-hybridized carbons (Fsp3) is 0.286. The summed E-state index contributed by atoms with van der Waals surface area (Å²) in [4.78, 5) is 0. The molecule has 0 saturated carbocycles. The van der Waals surface area contributed by atoms with Crippen LogP contribution in [0.1, 0.15) is 25.3 Å². The Morgan fingerprint density at radius 2 is 1.84 bits per heavy atom. The van der Waals surface area contributed by atoms with Gasteiger partial charge in [-0.15, -0.1) is 4.39 Å². The largest absolute Gasteiger partial charge is 0.492 e. The predicted octanol–water partition coefficient (Wildman–Crippen LogP) is 3.05. The monoisotopic (exact) mass is 268 g/mol. The van der Waals surface area contributed by atoms with E-state index < -0.39 is 17.8 Å². The summed E-state index contributed by atoms with van der Waals surface area (Å²) in [5, 5.41) is 18.3. The minimum atomic E-state index is -3.92. The van der Waals surface area contributed by atoms with E-state index in [4.69, 9.17) is 10.2 Å². The van der Waals surface area contributed by atoms with Crippen molar-refractivity contribution in [1.82, 2.24) is 0 Å². The van der Waals surface area contributed by atoms with Crippen molar-refractivity contribution in [1.29, 1.82) is 0 Å². The molecule has 3 nitrogen and oxygen atoms in total. The Hall–Kier alpha value is -1.72. The molecule has 2 aromatic rings. The molecular formula is C14H14F2O3. The SMILES string of the molecule is CC(C)c1cccc2ccc(F)c(OC(O)(O)F)c12. The topological polar surface area (TPSA) is 49.7 Å². The summed E-state index contributed by atoms with van der Waals surface area (Å²) in [6, 6.07) is 7.88. The Morgan fingerprint density at radius 1 is 1.16 bits per heavy atom. The molecule has 0 unspecified atom stereocenters.